The molecule has 1 amide bonds. The lowest BCUT2D eigenvalue weighted by Gasteiger charge is -2.14. The Bertz CT molecular complexity index is 774. The zero-order chi connectivity index (χ0) is 19.2. The van der Waals surface area contributed by atoms with Gasteiger partial charge in [-0.3, -0.25) is 4.79 Å². The lowest BCUT2D eigenvalue weighted by atomic mass is 9.98. The van der Waals surface area contributed by atoms with Gasteiger partial charge in [-0.1, -0.05) is 48.5 Å². The largest absolute Gasteiger partial charge is 0.481 e. The summed E-state index contributed by atoms with van der Waals surface area (Å²) in [4.78, 5) is 22.6. The number of carbonyl (C=O) groups is 2. The van der Waals surface area contributed by atoms with Gasteiger partial charge in [0, 0.05) is 12.5 Å². The van der Waals surface area contributed by atoms with Gasteiger partial charge in [-0.2, -0.15) is 0 Å². The molecular formula is C21H23NO5. The number of aliphatic carboxylic acids is 1. The van der Waals surface area contributed by atoms with Gasteiger partial charge in [0.25, 0.3) is 0 Å². The highest BCUT2D eigenvalue weighted by atomic mass is 16.5. The number of hydrogen-bond donors (Lipinski definition) is 2. The van der Waals surface area contributed by atoms with Crippen molar-refractivity contribution in [2.24, 2.45) is 5.92 Å². The van der Waals surface area contributed by atoms with E-state index in [-0.39, 0.29) is 32.3 Å². The monoisotopic (exact) mass is 369 g/mol. The number of rotatable bonds is 8. The van der Waals surface area contributed by atoms with Crippen LogP contribution in [0.1, 0.15) is 24.0 Å². The molecule has 0 heterocycles. The molecule has 2 aromatic carbocycles. The van der Waals surface area contributed by atoms with E-state index >= 15 is 0 Å². The van der Waals surface area contributed by atoms with Gasteiger partial charge < -0.3 is 19.9 Å². The zero-order valence-electron chi connectivity index (χ0n) is 15.2. The molecule has 1 aliphatic carbocycles. The maximum atomic E-state index is 11.9. The normalized spacial score (nSPS) is 13.5. The van der Waals surface area contributed by atoms with Crippen LogP contribution in [0, 0.1) is 5.92 Å². The Balaban J connectivity index is 1.48. The molecule has 3 rings (SSSR count). The smallest absolute Gasteiger partial charge is 0.407 e. The van der Waals surface area contributed by atoms with Crippen molar-refractivity contribution >= 4 is 12.1 Å². The van der Waals surface area contributed by atoms with Gasteiger partial charge in [-0.15, -0.1) is 0 Å². The summed E-state index contributed by atoms with van der Waals surface area (Å²) >= 11 is 0. The summed E-state index contributed by atoms with van der Waals surface area (Å²) in [7, 11) is 0. The Kier molecular flexibility index (Phi) is 6.08. The number of nitrogens with one attached hydrogen (secondary N) is 1. The first-order chi connectivity index (χ1) is 13.1. The van der Waals surface area contributed by atoms with Crippen LogP contribution in [-0.4, -0.2) is 43.5 Å². The Morgan fingerprint density at radius 2 is 1.67 bits per heavy atom. The van der Waals surface area contributed by atoms with Crippen molar-refractivity contribution in [3.8, 4) is 11.1 Å². The minimum Gasteiger partial charge on any atom is -0.481 e. The first kappa shape index (κ1) is 18.9. The van der Waals surface area contributed by atoms with Gasteiger partial charge in [-0.25, -0.2) is 4.79 Å². The number of alkyl carbamates (subject to hydrolysis) is 1. The number of carboxylic acid groups (broad SMARTS) is 1. The lowest BCUT2D eigenvalue weighted by molar-refractivity contribution is -0.143. The maximum absolute atomic E-state index is 11.9. The molecule has 0 radical (unpaired) electrons. The highest BCUT2D eigenvalue weighted by Crippen LogP contribution is 2.44. The van der Waals surface area contributed by atoms with Crippen LogP contribution >= 0.6 is 0 Å². The molecule has 0 bridgehead atoms. The highest BCUT2D eigenvalue weighted by molar-refractivity contribution is 5.79. The number of ether oxygens (including phenoxy) is 2. The Morgan fingerprint density at radius 1 is 1.07 bits per heavy atom. The van der Waals surface area contributed by atoms with E-state index in [0.717, 1.165) is 11.1 Å². The third-order valence-electron chi connectivity index (χ3n) is 4.65. The van der Waals surface area contributed by atoms with E-state index in [0.29, 0.717) is 0 Å². The lowest BCUT2D eigenvalue weighted by Crippen LogP contribution is -2.30. The fraction of sp³-hybridized carbons (Fsp3) is 0.333. The SMILES string of the molecule is CC(COCCNC(=O)OCC1c2ccccc2-c2ccccc21)C(=O)O. The molecule has 6 heteroatoms. The molecule has 1 aliphatic rings. The van der Waals surface area contributed by atoms with Crippen LogP contribution < -0.4 is 5.32 Å². The molecule has 0 aromatic heterocycles. The summed E-state index contributed by atoms with van der Waals surface area (Å²) < 4.78 is 10.6. The van der Waals surface area contributed by atoms with Crippen LogP contribution in [0.4, 0.5) is 4.79 Å². The average Bonchev–Trinajstić information content (AvgIpc) is 3.00. The number of carboxylic acids is 1. The summed E-state index contributed by atoms with van der Waals surface area (Å²) in [5.41, 5.74) is 4.70. The van der Waals surface area contributed by atoms with E-state index in [1.54, 1.807) is 6.92 Å². The number of carbonyl (C=O) groups excluding carboxylic acids is 1. The van der Waals surface area contributed by atoms with Crippen molar-refractivity contribution in [3.63, 3.8) is 0 Å². The van der Waals surface area contributed by atoms with E-state index in [1.165, 1.54) is 11.1 Å². The van der Waals surface area contributed by atoms with Gasteiger partial charge >= 0.3 is 12.1 Å². The minimum atomic E-state index is -0.903. The van der Waals surface area contributed by atoms with Crippen LogP contribution in [0.3, 0.4) is 0 Å². The molecule has 0 saturated heterocycles. The van der Waals surface area contributed by atoms with Gasteiger partial charge in [0.15, 0.2) is 0 Å². The third kappa shape index (κ3) is 4.46. The molecule has 6 nitrogen and oxygen atoms in total. The summed E-state index contributed by atoms with van der Waals surface area (Å²) in [6.07, 6.45) is -0.508. The molecule has 2 aromatic rings. The molecule has 142 valence electrons. The van der Waals surface area contributed by atoms with Gasteiger partial charge in [0.2, 0.25) is 0 Å². The van der Waals surface area contributed by atoms with Crippen molar-refractivity contribution in [3.05, 3.63) is 59.7 Å². The van der Waals surface area contributed by atoms with Crippen molar-refractivity contribution in [2.75, 3.05) is 26.4 Å². The Labute approximate surface area is 158 Å². The Morgan fingerprint density at radius 3 is 2.26 bits per heavy atom. The van der Waals surface area contributed by atoms with E-state index in [1.807, 2.05) is 24.3 Å². The predicted octanol–water partition coefficient (Wildman–Crippen LogP) is 3.26. The van der Waals surface area contributed by atoms with E-state index < -0.39 is 18.0 Å². The quantitative estimate of drug-likeness (QED) is 0.698. The van der Waals surface area contributed by atoms with Crippen molar-refractivity contribution < 1.29 is 24.2 Å². The van der Waals surface area contributed by atoms with Crippen LogP contribution in [0.2, 0.25) is 0 Å². The average molecular weight is 369 g/mol. The molecule has 2 N–H and O–H groups in total. The Hall–Kier alpha value is -2.86. The van der Waals surface area contributed by atoms with Crippen LogP contribution in [0.5, 0.6) is 0 Å². The first-order valence-electron chi connectivity index (χ1n) is 8.97. The van der Waals surface area contributed by atoms with Crippen molar-refractivity contribution in [1.29, 1.82) is 0 Å². The highest BCUT2D eigenvalue weighted by Gasteiger charge is 2.28. The minimum absolute atomic E-state index is 0.0239. The second-order valence-corrected chi connectivity index (χ2v) is 6.57. The maximum Gasteiger partial charge on any atom is 0.407 e. The first-order valence-corrected chi connectivity index (χ1v) is 8.97. The number of benzene rings is 2. The van der Waals surface area contributed by atoms with Gasteiger partial charge in [-0.05, 0) is 29.2 Å². The molecule has 27 heavy (non-hydrogen) atoms. The molecule has 0 spiro atoms. The number of amides is 1. The third-order valence-corrected chi connectivity index (χ3v) is 4.65. The second kappa shape index (κ2) is 8.68. The molecule has 0 saturated carbocycles. The summed E-state index contributed by atoms with van der Waals surface area (Å²) in [6, 6.07) is 16.3. The van der Waals surface area contributed by atoms with Gasteiger partial charge in [0.05, 0.1) is 19.1 Å². The second-order valence-electron chi connectivity index (χ2n) is 6.57. The van der Waals surface area contributed by atoms with E-state index in [2.05, 4.69) is 29.6 Å². The van der Waals surface area contributed by atoms with E-state index in [4.69, 9.17) is 14.6 Å². The zero-order valence-corrected chi connectivity index (χ0v) is 15.2. The standard InChI is InChI=1S/C21H23NO5/c1-14(20(23)24)12-26-11-10-22-21(25)27-13-19-17-8-4-2-6-15(17)16-7-3-5-9-18(16)19/h2-9,14,19H,10-13H2,1H3,(H,22,25)(H,23,24). The number of hydrogen-bond acceptors (Lipinski definition) is 4. The molecule has 0 fully saturated rings. The van der Waals surface area contributed by atoms with Crippen molar-refractivity contribution in [2.45, 2.75) is 12.8 Å². The van der Waals surface area contributed by atoms with Crippen LogP contribution in [0.25, 0.3) is 11.1 Å². The molecular weight excluding hydrogens is 346 g/mol. The fourth-order valence-corrected chi connectivity index (χ4v) is 3.21. The van der Waals surface area contributed by atoms with Gasteiger partial charge in [0.1, 0.15) is 6.61 Å². The van der Waals surface area contributed by atoms with Crippen molar-refractivity contribution in [1.82, 2.24) is 5.32 Å². The van der Waals surface area contributed by atoms with E-state index in [9.17, 15) is 9.59 Å². The summed E-state index contributed by atoms with van der Waals surface area (Å²) in [5.74, 6) is -1.45. The summed E-state index contributed by atoms with van der Waals surface area (Å²) in [6.45, 7) is 2.45. The fourth-order valence-electron chi connectivity index (χ4n) is 3.21. The number of fused-ring (bicyclic) bond motifs is 3. The molecule has 1 unspecified atom stereocenters. The van der Waals surface area contributed by atoms with Crippen LogP contribution in [-0.2, 0) is 14.3 Å². The summed E-state index contributed by atoms with van der Waals surface area (Å²) in [5, 5.41) is 11.4. The molecule has 1 atom stereocenters. The topological polar surface area (TPSA) is 84.9 Å². The molecule has 0 aliphatic heterocycles. The van der Waals surface area contributed by atoms with Crippen LogP contribution in [0.15, 0.2) is 48.5 Å². The predicted molar refractivity (Wildman–Crippen MR) is 101 cm³/mol.